The molecule has 3 aromatic carbocycles. The van der Waals surface area contributed by atoms with Crippen molar-refractivity contribution in [1.82, 2.24) is 14.5 Å². The standard InChI is InChI=1S/C30H31ClN4O3/c1-20(2)17-34(29(37)23-10-8-21(3)9-11-23)19-28(36)33-30-32-27(22-12-14-24(31)15-13-22)18-35(30)25-6-5-7-26(16-25)38-4/h5-16,18,20H,17,19H2,1-4H3,(H,32,33,36). The Morgan fingerprint density at radius 2 is 1.76 bits per heavy atom. The van der Waals surface area contributed by atoms with Crippen LogP contribution < -0.4 is 10.1 Å². The predicted octanol–water partition coefficient (Wildman–Crippen LogP) is 6.25. The van der Waals surface area contributed by atoms with E-state index in [9.17, 15) is 9.59 Å². The molecule has 196 valence electrons. The summed E-state index contributed by atoms with van der Waals surface area (Å²) >= 11 is 6.07. The summed E-state index contributed by atoms with van der Waals surface area (Å²) < 4.78 is 7.18. The van der Waals surface area contributed by atoms with Gasteiger partial charge in [-0.05, 0) is 49.2 Å². The molecule has 0 unspecified atom stereocenters. The lowest BCUT2D eigenvalue weighted by atomic mass is 10.1. The van der Waals surface area contributed by atoms with Crippen molar-refractivity contribution in [3.63, 3.8) is 0 Å². The number of nitrogens with one attached hydrogen (secondary N) is 1. The molecule has 0 atom stereocenters. The summed E-state index contributed by atoms with van der Waals surface area (Å²) in [6, 6.07) is 22.2. The van der Waals surface area contributed by atoms with E-state index in [4.69, 9.17) is 21.3 Å². The van der Waals surface area contributed by atoms with Gasteiger partial charge in [0.25, 0.3) is 5.91 Å². The molecule has 1 N–H and O–H groups in total. The van der Waals surface area contributed by atoms with E-state index in [0.717, 1.165) is 16.8 Å². The molecule has 0 saturated carbocycles. The van der Waals surface area contributed by atoms with Gasteiger partial charge in [0.1, 0.15) is 12.3 Å². The van der Waals surface area contributed by atoms with Crippen molar-refractivity contribution in [2.45, 2.75) is 20.8 Å². The number of aromatic nitrogens is 2. The fourth-order valence-corrected chi connectivity index (χ4v) is 4.19. The molecule has 0 bridgehead atoms. The number of halogens is 1. The molecule has 1 heterocycles. The molecule has 4 aromatic rings. The minimum Gasteiger partial charge on any atom is -0.497 e. The van der Waals surface area contributed by atoms with Gasteiger partial charge >= 0.3 is 0 Å². The van der Waals surface area contributed by atoms with Gasteiger partial charge in [0.15, 0.2) is 0 Å². The molecule has 0 aliphatic heterocycles. The van der Waals surface area contributed by atoms with Gasteiger partial charge in [-0.1, -0.05) is 61.3 Å². The van der Waals surface area contributed by atoms with Crippen LogP contribution in [-0.2, 0) is 4.79 Å². The van der Waals surface area contributed by atoms with E-state index in [1.165, 1.54) is 0 Å². The Balaban J connectivity index is 1.63. The van der Waals surface area contributed by atoms with Crippen molar-refractivity contribution in [1.29, 1.82) is 0 Å². The Labute approximate surface area is 228 Å². The lowest BCUT2D eigenvalue weighted by molar-refractivity contribution is -0.117. The van der Waals surface area contributed by atoms with E-state index >= 15 is 0 Å². The minimum atomic E-state index is -0.344. The Morgan fingerprint density at radius 1 is 1.05 bits per heavy atom. The predicted molar refractivity (Wildman–Crippen MR) is 151 cm³/mol. The average Bonchev–Trinajstić information content (AvgIpc) is 3.32. The van der Waals surface area contributed by atoms with Gasteiger partial charge in [0.2, 0.25) is 11.9 Å². The highest BCUT2D eigenvalue weighted by molar-refractivity contribution is 6.30. The second-order valence-corrected chi connectivity index (χ2v) is 9.96. The summed E-state index contributed by atoms with van der Waals surface area (Å²) in [5, 5.41) is 3.54. The molecule has 38 heavy (non-hydrogen) atoms. The summed E-state index contributed by atoms with van der Waals surface area (Å²) in [4.78, 5) is 32.8. The van der Waals surface area contributed by atoms with Crippen LogP contribution in [0.1, 0.15) is 29.8 Å². The Kier molecular flexibility index (Phi) is 8.48. The average molecular weight is 531 g/mol. The first-order valence-corrected chi connectivity index (χ1v) is 12.8. The number of benzene rings is 3. The van der Waals surface area contributed by atoms with Crippen LogP contribution >= 0.6 is 11.6 Å². The van der Waals surface area contributed by atoms with E-state index in [1.54, 1.807) is 40.8 Å². The number of anilines is 1. The third kappa shape index (κ3) is 6.61. The topological polar surface area (TPSA) is 76.5 Å². The fourth-order valence-electron chi connectivity index (χ4n) is 4.06. The van der Waals surface area contributed by atoms with Gasteiger partial charge in [0, 0.05) is 35.0 Å². The second kappa shape index (κ2) is 12.0. The van der Waals surface area contributed by atoms with E-state index in [0.29, 0.717) is 34.5 Å². The summed E-state index contributed by atoms with van der Waals surface area (Å²) in [7, 11) is 1.60. The smallest absolute Gasteiger partial charge is 0.254 e. The lowest BCUT2D eigenvalue weighted by Gasteiger charge is -2.24. The maximum absolute atomic E-state index is 13.3. The molecule has 0 saturated heterocycles. The van der Waals surface area contributed by atoms with Gasteiger partial charge in [0.05, 0.1) is 18.5 Å². The highest BCUT2D eigenvalue weighted by Gasteiger charge is 2.22. The quantitative estimate of drug-likeness (QED) is 0.277. The number of hydrogen-bond donors (Lipinski definition) is 1. The summed E-state index contributed by atoms with van der Waals surface area (Å²) in [6.07, 6.45) is 1.84. The molecule has 0 fully saturated rings. The minimum absolute atomic E-state index is 0.105. The van der Waals surface area contributed by atoms with Crippen molar-refractivity contribution in [2.24, 2.45) is 5.92 Å². The van der Waals surface area contributed by atoms with Crippen molar-refractivity contribution < 1.29 is 14.3 Å². The summed E-state index contributed by atoms with van der Waals surface area (Å²) in [5.74, 6) is 0.664. The van der Waals surface area contributed by atoms with Gasteiger partial charge in [-0.15, -0.1) is 0 Å². The molecule has 0 radical (unpaired) electrons. The van der Waals surface area contributed by atoms with Crippen molar-refractivity contribution in [3.8, 4) is 22.7 Å². The maximum Gasteiger partial charge on any atom is 0.254 e. The van der Waals surface area contributed by atoms with Crippen LogP contribution in [0.15, 0.2) is 79.0 Å². The zero-order valence-corrected chi connectivity index (χ0v) is 22.7. The summed E-state index contributed by atoms with van der Waals surface area (Å²) in [6.45, 7) is 6.34. The molecule has 2 amide bonds. The first kappa shape index (κ1) is 26.9. The number of amides is 2. The monoisotopic (exact) mass is 530 g/mol. The van der Waals surface area contributed by atoms with Crippen LogP contribution in [0, 0.1) is 12.8 Å². The molecule has 1 aromatic heterocycles. The third-order valence-corrected chi connectivity index (χ3v) is 6.19. The Bertz CT molecular complexity index is 1410. The van der Waals surface area contributed by atoms with E-state index in [1.807, 2.05) is 75.5 Å². The Morgan fingerprint density at radius 3 is 2.42 bits per heavy atom. The lowest BCUT2D eigenvalue weighted by Crippen LogP contribution is -2.40. The molecule has 4 rings (SSSR count). The highest BCUT2D eigenvalue weighted by Crippen LogP contribution is 2.27. The van der Waals surface area contributed by atoms with Crippen LogP contribution in [0.4, 0.5) is 5.95 Å². The normalized spacial score (nSPS) is 10.9. The number of carbonyl (C=O) groups excluding carboxylic acids is 2. The number of ether oxygens (including phenoxy) is 1. The van der Waals surface area contributed by atoms with Gasteiger partial charge in [-0.2, -0.15) is 0 Å². The molecule has 0 aliphatic rings. The largest absolute Gasteiger partial charge is 0.497 e. The number of imidazole rings is 1. The first-order chi connectivity index (χ1) is 18.2. The molecular formula is C30H31ClN4O3. The zero-order valence-electron chi connectivity index (χ0n) is 21.9. The van der Waals surface area contributed by atoms with Crippen LogP contribution in [0.5, 0.6) is 5.75 Å². The van der Waals surface area contributed by atoms with Crippen LogP contribution in [0.3, 0.4) is 0 Å². The molecular weight excluding hydrogens is 500 g/mol. The number of methoxy groups -OCH3 is 1. The number of hydrogen-bond acceptors (Lipinski definition) is 4. The van der Waals surface area contributed by atoms with Crippen LogP contribution in [0.25, 0.3) is 16.9 Å². The SMILES string of the molecule is COc1cccc(-n2cc(-c3ccc(Cl)cc3)nc2NC(=O)CN(CC(C)C)C(=O)c2ccc(C)cc2)c1. The maximum atomic E-state index is 13.3. The zero-order chi connectivity index (χ0) is 27.2. The highest BCUT2D eigenvalue weighted by atomic mass is 35.5. The van der Waals surface area contributed by atoms with Crippen molar-refractivity contribution in [3.05, 3.63) is 95.1 Å². The number of rotatable bonds is 9. The first-order valence-electron chi connectivity index (χ1n) is 12.4. The number of nitrogens with zero attached hydrogens (tertiary/aromatic N) is 3. The second-order valence-electron chi connectivity index (χ2n) is 9.52. The number of aryl methyl sites for hydroxylation is 1. The van der Waals surface area contributed by atoms with Crippen molar-refractivity contribution in [2.75, 3.05) is 25.5 Å². The van der Waals surface area contributed by atoms with Gasteiger partial charge in [-0.3, -0.25) is 19.5 Å². The Hall–Kier alpha value is -4.10. The van der Waals surface area contributed by atoms with Gasteiger partial charge in [-0.25, -0.2) is 4.98 Å². The summed E-state index contributed by atoms with van der Waals surface area (Å²) in [5.41, 5.74) is 3.89. The van der Waals surface area contributed by atoms with E-state index in [-0.39, 0.29) is 24.3 Å². The molecule has 0 spiro atoms. The number of carbonyl (C=O) groups is 2. The fraction of sp³-hybridized carbons (Fsp3) is 0.233. The van der Waals surface area contributed by atoms with Crippen LogP contribution in [-0.4, -0.2) is 46.5 Å². The van der Waals surface area contributed by atoms with E-state index < -0.39 is 0 Å². The molecule has 7 nitrogen and oxygen atoms in total. The van der Waals surface area contributed by atoms with Gasteiger partial charge < -0.3 is 9.64 Å². The van der Waals surface area contributed by atoms with Crippen LogP contribution in [0.2, 0.25) is 5.02 Å². The molecule has 0 aliphatic carbocycles. The molecule has 8 heteroatoms. The van der Waals surface area contributed by atoms with Crippen molar-refractivity contribution >= 4 is 29.4 Å². The third-order valence-electron chi connectivity index (χ3n) is 5.93. The van der Waals surface area contributed by atoms with E-state index in [2.05, 4.69) is 5.32 Å².